The molecule has 2 rings (SSSR count). The van der Waals surface area contributed by atoms with Crippen LogP contribution in [0.4, 0.5) is 5.69 Å². The van der Waals surface area contributed by atoms with Gasteiger partial charge in [-0.1, -0.05) is 0 Å². The lowest BCUT2D eigenvalue weighted by molar-refractivity contribution is 0.102. The van der Waals surface area contributed by atoms with Gasteiger partial charge in [0, 0.05) is 24.0 Å². The first-order valence-corrected chi connectivity index (χ1v) is 6.21. The van der Waals surface area contributed by atoms with Crippen molar-refractivity contribution in [2.75, 3.05) is 26.6 Å². The highest BCUT2D eigenvalue weighted by Gasteiger charge is 2.09. The number of rotatable bonds is 5. The average molecular weight is 288 g/mol. The minimum atomic E-state index is -0.266. The van der Waals surface area contributed by atoms with Crippen LogP contribution in [0.1, 0.15) is 10.4 Å². The first kappa shape index (κ1) is 14.6. The highest BCUT2D eigenvalue weighted by atomic mass is 16.5. The number of benzene rings is 1. The fourth-order valence-electron chi connectivity index (χ4n) is 1.75. The summed E-state index contributed by atoms with van der Waals surface area (Å²) >= 11 is 0. The molecule has 0 radical (unpaired) electrons. The fraction of sp³-hybridized carbons (Fsp3) is 0.200. The van der Waals surface area contributed by atoms with E-state index in [1.54, 1.807) is 37.4 Å². The summed E-state index contributed by atoms with van der Waals surface area (Å²) in [7, 11) is 4.61. The van der Waals surface area contributed by atoms with E-state index in [0.29, 0.717) is 28.6 Å². The number of aromatic nitrogens is 1. The molecular formula is C15H16N2O4. The molecule has 0 bridgehead atoms. The van der Waals surface area contributed by atoms with E-state index >= 15 is 0 Å². The molecule has 21 heavy (non-hydrogen) atoms. The van der Waals surface area contributed by atoms with Crippen LogP contribution in [0.25, 0.3) is 0 Å². The summed E-state index contributed by atoms with van der Waals surface area (Å²) in [6, 6.07) is 8.41. The van der Waals surface area contributed by atoms with Crippen LogP contribution in [0.3, 0.4) is 0 Å². The SMILES string of the molecule is COc1ccc(C(=O)Nc2ccc(OC)c(OC)c2)cn1. The van der Waals surface area contributed by atoms with Gasteiger partial charge in [-0.3, -0.25) is 4.79 Å². The molecule has 2 aromatic rings. The molecule has 0 aliphatic carbocycles. The van der Waals surface area contributed by atoms with Crippen LogP contribution in [-0.4, -0.2) is 32.2 Å². The molecule has 0 saturated carbocycles. The maximum Gasteiger partial charge on any atom is 0.257 e. The number of carbonyl (C=O) groups excluding carboxylic acids is 1. The topological polar surface area (TPSA) is 69.7 Å². The Hall–Kier alpha value is -2.76. The number of amides is 1. The van der Waals surface area contributed by atoms with Gasteiger partial charge in [-0.2, -0.15) is 0 Å². The lowest BCUT2D eigenvalue weighted by Gasteiger charge is -2.10. The molecule has 0 fully saturated rings. The lowest BCUT2D eigenvalue weighted by Crippen LogP contribution is -2.12. The molecule has 1 N–H and O–H groups in total. The van der Waals surface area contributed by atoms with E-state index in [0.717, 1.165) is 0 Å². The van der Waals surface area contributed by atoms with E-state index in [2.05, 4.69) is 10.3 Å². The van der Waals surface area contributed by atoms with Crippen LogP contribution >= 0.6 is 0 Å². The minimum absolute atomic E-state index is 0.266. The maximum absolute atomic E-state index is 12.1. The van der Waals surface area contributed by atoms with Gasteiger partial charge < -0.3 is 19.5 Å². The molecule has 0 unspecified atom stereocenters. The van der Waals surface area contributed by atoms with Gasteiger partial charge in [0.05, 0.1) is 26.9 Å². The molecule has 0 saturated heterocycles. The van der Waals surface area contributed by atoms with E-state index in [4.69, 9.17) is 14.2 Å². The van der Waals surface area contributed by atoms with Crippen LogP contribution in [0, 0.1) is 0 Å². The van der Waals surface area contributed by atoms with Gasteiger partial charge in [0.25, 0.3) is 5.91 Å². The molecule has 1 amide bonds. The number of carbonyl (C=O) groups is 1. The monoisotopic (exact) mass is 288 g/mol. The number of hydrogen-bond acceptors (Lipinski definition) is 5. The Morgan fingerprint density at radius 3 is 2.33 bits per heavy atom. The van der Waals surface area contributed by atoms with Crippen molar-refractivity contribution in [2.45, 2.75) is 0 Å². The first-order chi connectivity index (χ1) is 10.2. The molecule has 0 aliphatic rings. The number of anilines is 1. The second-order valence-electron chi connectivity index (χ2n) is 4.11. The Morgan fingerprint density at radius 2 is 1.76 bits per heavy atom. The van der Waals surface area contributed by atoms with Crippen molar-refractivity contribution < 1.29 is 19.0 Å². The lowest BCUT2D eigenvalue weighted by atomic mass is 10.2. The Balaban J connectivity index is 2.14. The standard InChI is InChI=1S/C15H16N2O4/c1-19-12-6-5-11(8-13(12)20-2)17-15(18)10-4-7-14(21-3)16-9-10/h4-9H,1-3H3,(H,17,18). The summed E-state index contributed by atoms with van der Waals surface area (Å²) < 4.78 is 15.3. The third-order valence-corrected chi connectivity index (χ3v) is 2.85. The molecule has 1 heterocycles. The number of hydrogen-bond donors (Lipinski definition) is 1. The molecule has 1 aromatic carbocycles. The molecule has 0 aliphatic heterocycles. The molecule has 0 spiro atoms. The van der Waals surface area contributed by atoms with Gasteiger partial charge in [-0.25, -0.2) is 4.98 Å². The van der Waals surface area contributed by atoms with Crippen molar-refractivity contribution in [1.29, 1.82) is 0 Å². The summed E-state index contributed by atoms with van der Waals surface area (Å²) in [5.74, 6) is 1.33. The zero-order valence-corrected chi connectivity index (χ0v) is 12.0. The molecule has 6 heteroatoms. The van der Waals surface area contributed by atoms with Gasteiger partial charge in [0.15, 0.2) is 11.5 Å². The average Bonchev–Trinajstić information content (AvgIpc) is 2.54. The van der Waals surface area contributed by atoms with E-state index in [-0.39, 0.29) is 5.91 Å². The number of methoxy groups -OCH3 is 3. The number of ether oxygens (including phenoxy) is 3. The normalized spacial score (nSPS) is 9.86. The van der Waals surface area contributed by atoms with Gasteiger partial charge in [0.2, 0.25) is 5.88 Å². The van der Waals surface area contributed by atoms with Crippen molar-refractivity contribution in [2.24, 2.45) is 0 Å². The van der Waals surface area contributed by atoms with Crippen LogP contribution in [-0.2, 0) is 0 Å². The van der Waals surface area contributed by atoms with Crippen molar-refractivity contribution in [3.8, 4) is 17.4 Å². The van der Waals surface area contributed by atoms with Crippen molar-refractivity contribution in [3.05, 3.63) is 42.1 Å². The smallest absolute Gasteiger partial charge is 0.257 e. The second kappa shape index (κ2) is 6.60. The third-order valence-electron chi connectivity index (χ3n) is 2.85. The van der Waals surface area contributed by atoms with E-state index in [1.807, 2.05) is 0 Å². The Labute approximate surface area is 122 Å². The molecule has 0 atom stereocenters. The zero-order chi connectivity index (χ0) is 15.2. The van der Waals surface area contributed by atoms with E-state index < -0.39 is 0 Å². The van der Waals surface area contributed by atoms with Crippen LogP contribution < -0.4 is 19.5 Å². The van der Waals surface area contributed by atoms with Crippen molar-refractivity contribution in [3.63, 3.8) is 0 Å². The van der Waals surface area contributed by atoms with E-state index in [9.17, 15) is 4.79 Å². The van der Waals surface area contributed by atoms with Crippen LogP contribution in [0.5, 0.6) is 17.4 Å². The Morgan fingerprint density at radius 1 is 1.00 bits per heavy atom. The predicted molar refractivity (Wildman–Crippen MR) is 78.3 cm³/mol. The van der Waals surface area contributed by atoms with Crippen molar-refractivity contribution >= 4 is 11.6 Å². The van der Waals surface area contributed by atoms with Gasteiger partial charge in [-0.05, 0) is 18.2 Å². The maximum atomic E-state index is 12.1. The fourth-order valence-corrected chi connectivity index (χ4v) is 1.75. The largest absolute Gasteiger partial charge is 0.493 e. The van der Waals surface area contributed by atoms with Crippen molar-refractivity contribution in [1.82, 2.24) is 4.98 Å². The van der Waals surface area contributed by atoms with Crippen LogP contribution in [0.15, 0.2) is 36.5 Å². The summed E-state index contributed by atoms with van der Waals surface area (Å²) in [5, 5.41) is 2.77. The Bertz CT molecular complexity index is 626. The summed E-state index contributed by atoms with van der Waals surface area (Å²) in [6.07, 6.45) is 1.45. The predicted octanol–water partition coefficient (Wildman–Crippen LogP) is 2.36. The highest BCUT2D eigenvalue weighted by molar-refractivity contribution is 6.04. The van der Waals surface area contributed by atoms with Gasteiger partial charge in [0.1, 0.15) is 0 Å². The quantitative estimate of drug-likeness (QED) is 0.914. The number of nitrogens with zero attached hydrogens (tertiary/aromatic N) is 1. The molecule has 1 aromatic heterocycles. The minimum Gasteiger partial charge on any atom is -0.493 e. The Kier molecular flexibility index (Phi) is 4.61. The van der Waals surface area contributed by atoms with Gasteiger partial charge >= 0.3 is 0 Å². The van der Waals surface area contributed by atoms with E-state index in [1.165, 1.54) is 20.4 Å². The zero-order valence-electron chi connectivity index (χ0n) is 12.0. The van der Waals surface area contributed by atoms with Crippen LogP contribution in [0.2, 0.25) is 0 Å². The third kappa shape index (κ3) is 3.42. The molecule has 6 nitrogen and oxygen atoms in total. The first-order valence-electron chi connectivity index (χ1n) is 6.21. The molecular weight excluding hydrogens is 272 g/mol. The summed E-state index contributed by atoms with van der Waals surface area (Å²) in [4.78, 5) is 16.1. The van der Waals surface area contributed by atoms with Gasteiger partial charge in [-0.15, -0.1) is 0 Å². The molecule has 110 valence electrons. The number of nitrogens with one attached hydrogen (secondary N) is 1. The highest BCUT2D eigenvalue weighted by Crippen LogP contribution is 2.29. The second-order valence-corrected chi connectivity index (χ2v) is 4.11. The summed E-state index contributed by atoms with van der Waals surface area (Å²) in [5.41, 5.74) is 1.04. The number of pyridine rings is 1. The summed E-state index contributed by atoms with van der Waals surface area (Å²) in [6.45, 7) is 0.